The second-order valence-electron chi connectivity index (χ2n) is 4.90. The SMILES string of the molecule is Cc1oc(NC(=O)CN(C)Cc2ccco2)c(C#N)c1C. The number of nitrogens with zero attached hydrogens (tertiary/aromatic N) is 2. The predicted molar refractivity (Wildman–Crippen MR) is 76.6 cm³/mol. The zero-order valence-electron chi connectivity index (χ0n) is 12.3. The second kappa shape index (κ2) is 6.29. The first kappa shape index (κ1) is 14.9. The zero-order valence-corrected chi connectivity index (χ0v) is 12.3. The minimum atomic E-state index is -0.241. The summed E-state index contributed by atoms with van der Waals surface area (Å²) in [5, 5.41) is 11.7. The van der Waals surface area contributed by atoms with Gasteiger partial charge in [-0.15, -0.1) is 0 Å². The Balaban J connectivity index is 1.96. The standard InChI is InChI=1S/C15H17N3O3/c1-10-11(2)21-15(13(10)7-16)17-14(19)9-18(3)8-12-5-4-6-20-12/h4-6H,8-9H2,1-3H3,(H,17,19). The molecule has 1 N–H and O–H groups in total. The molecule has 2 heterocycles. The van der Waals surface area contributed by atoms with Gasteiger partial charge in [-0.05, 0) is 33.0 Å². The quantitative estimate of drug-likeness (QED) is 0.913. The summed E-state index contributed by atoms with van der Waals surface area (Å²) in [6.07, 6.45) is 1.59. The van der Waals surface area contributed by atoms with E-state index in [2.05, 4.69) is 5.32 Å². The van der Waals surface area contributed by atoms with Crippen LogP contribution in [0.2, 0.25) is 0 Å². The van der Waals surface area contributed by atoms with Crippen LogP contribution in [0.15, 0.2) is 27.2 Å². The van der Waals surface area contributed by atoms with Crippen LogP contribution >= 0.6 is 0 Å². The fourth-order valence-electron chi connectivity index (χ4n) is 1.99. The summed E-state index contributed by atoms with van der Waals surface area (Å²) in [5.41, 5.74) is 1.12. The molecular formula is C15H17N3O3. The summed E-state index contributed by atoms with van der Waals surface area (Å²) in [6.45, 7) is 4.25. The molecule has 0 aliphatic carbocycles. The van der Waals surface area contributed by atoms with Gasteiger partial charge in [0.1, 0.15) is 23.2 Å². The molecule has 6 nitrogen and oxygen atoms in total. The van der Waals surface area contributed by atoms with E-state index >= 15 is 0 Å². The van der Waals surface area contributed by atoms with Crippen molar-refractivity contribution in [2.75, 3.05) is 18.9 Å². The average Bonchev–Trinajstić information content (AvgIpc) is 2.99. The normalized spacial score (nSPS) is 10.6. The Kier molecular flexibility index (Phi) is 4.45. The smallest absolute Gasteiger partial charge is 0.240 e. The molecule has 1 amide bonds. The lowest BCUT2D eigenvalue weighted by Gasteiger charge is -2.14. The Morgan fingerprint density at radius 1 is 1.48 bits per heavy atom. The molecule has 0 fully saturated rings. The van der Waals surface area contributed by atoms with Crippen LogP contribution in [0.4, 0.5) is 5.88 Å². The third-order valence-corrected chi connectivity index (χ3v) is 3.17. The van der Waals surface area contributed by atoms with Crippen LogP contribution in [-0.4, -0.2) is 24.4 Å². The maximum atomic E-state index is 12.0. The fraction of sp³-hybridized carbons (Fsp3) is 0.333. The third kappa shape index (κ3) is 3.52. The Morgan fingerprint density at radius 3 is 2.86 bits per heavy atom. The van der Waals surface area contributed by atoms with Crippen molar-refractivity contribution in [2.24, 2.45) is 0 Å². The number of nitriles is 1. The van der Waals surface area contributed by atoms with Crippen molar-refractivity contribution in [3.63, 3.8) is 0 Å². The largest absolute Gasteiger partial charge is 0.468 e. The molecule has 0 aliphatic rings. The monoisotopic (exact) mass is 287 g/mol. The molecule has 0 saturated heterocycles. The Morgan fingerprint density at radius 2 is 2.24 bits per heavy atom. The maximum absolute atomic E-state index is 12.0. The van der Waals surface area contributed by atoms with Crippen molar-refractivity contribution in [3.05, 3.63) is 41.0 Å². The molecule has 0 unspecified atom stereocenters. The summed E-state index contributed by atoms with van der Waals surface area (Å²) in [5.74, 6) is 1.39. The predicted octanol–water partition coefficient (Wildman–Crippen LogP) is 2.43. The Hall–Kier alpha value is -2.52. The average molecular weight is 287 g/mol. The highest BCUT2D eigenvalue weighted by molar-refractivity contribution is 5.92. The highest BCUT2D eigenvalue weighted by atomic mass is 16.4. The van der Waals surface area contributed by atoms with Crippen LogP contribution in [-0.2, 0) is 11.3 Å². The van der Waals surface area contributed by atoms with Gasteiger partial charge in [0.05, 0.1) is 19.4 Å². The molecular weight excluding hydrogens is 270 g/mol. The lowest BCUT2D eigenvalue weighted by molar-refractivity contribution is -0.117. The summed E-state index contributed by atoms with van der Waals surface area (Å²) >= 11 is 0. The molecule has 2 aromatic rings. The van der Waals surface area contributed by atoms with Gasteiger partial charge < -0.3 is 8.83 Å². The number of aryl methyl sites for hydroxylation is 1. The number of carbonyl (C=O) groups is 1. The van der Waals surface area contributed by atoms with Gasteiger partial charge in [0, 0.05) is 5.56 Å². The number of rotatable bonds is 5. The molecule has 0 saturated carbocycles. The number of carbonyl (C=O) groups excluding carboxylic acids is 1. The first-order valence-corrected chi connectivity index (χ1v) is 6.52. The second-order valence-corrected chi connectivity index (χ2v) is 4.90. The lowest BCUT2D eigenvalue weighted by Crippen LogP contribution is -2.29. The fourth-order valence-corrected chi connectivity index (χ4v) is 1.99. The van der Waals surface area contributed by atoms with E-state index in [0.29, 0.717) is 17.9 Å². The van der Waals surface area contributed by atoms with Crippen LogP contribution in [0.1, 0.15) is 22.6 Å². The van der Waals surface area contributed by atoms with E-state index in [1.165, 1.54) is 0 Å². The first-order chi connectivity index (χ1) is 10.0. The number of hydrogen-bond acceptors (Lipinski definition) is 5. The van der Waals surface area contributed by atoms with Gasteiger partial charge in [0.15, 0.2) is 0 Å². The maximum Gasteiger partial charge on any atom is 0.240 e. The summed E-state index contributed by atoms with van der Waals surface area (Å²) in [6, 6.07) is 5.69. The minimum absolute atomic E-state index is 0.171. The minimum Gasteiger partial charge on any atom is -0.468 e. The van der Waals surface area contributed by atoms with Crippen molar-refractivity contribution in [2.45, 2.75) is 20.4 Å². The molecule has 0 radical (unpaired) electrons. The van der Waals surface area contributed by atoms with E-state index < -0.39 is 0 Å². The molecule has 110 valence electrons. The number of likely N-dealkylation sites (N-methyl/N-ethyl adjacent to an activating group) is 1. The summed E-state index contributed by atoms with van der Waals surface area (Å²) in [7, 11) is 1.81. The van der Waals surface area contributed by atoms with Crippen molar-refractivity contribution < 1.29 is 13.6 Å². The van der Waals surface area contributed by atoms with Crippen molar-refractivity contribution >= 4 is 11.8 Å². The van der Waals surface area contributed by atoms with Gasteiger partial charge in [-0.3, -0.25) is 15.0 Å². The Labute approximate surface area is 122 Å². The van der Waals surface area contributed by atoms with Gasteiger partial charge in [0.2, 0.25) is 11.8 Å². The highest BCUT2D eigenvalue weighted by Crippen LogP contribution is 2.25. The third-order valence-electron chi connectivity index (χ3n) is 3.17. The number of hydrogen-bond donors (Lipinski definition) is 1. The van der Waals surface area contributed by atoms with E-state index in [-0.39, 0.29) is 18.3 Å². The number of furan rings is 2. The van der Waals surface area contributed by atoms with Crippen LogP contribution < -0.4 is 5.32 Å². The van der Waals surface area contributed by atoms with Gasteiger partial charge in [0.25, 0.3) is 0 Å². The number of anilines is 1. The molecule has 6 heteroatoms. The van der Waals surface area contributed by atoms with Gasteiger partial charge in [-0.1, -0.05) is 0 Å². The molecule has 0 aliphatic heterocycles. The van der Waals surface area contributed by atoms with Gasteiger partial charge >= 0.3 is 0 Å². The van der Waals surface area contributed by atoms with E-state index in [1.807, 2.05) is 24.1 Å². The molecule has 0 bridgehead atoms. The van der Waals surface area contributed by atoms with E-state index in [9.17, 15) is 4.79 Å². The lowest BCUT2D eigenvalue weighted by atomic mass is 10.2. The van der Waals surface area contributed by atoms with Crippen molar-refractivity contribution in [3.8, 4) is 6.07 Å². The van der Waals surface area contributed by atoms with Crippen LogP contribution in [0.25, 0.3) is 0 Å². The highest BCUT2D eigenvalue weighted by Gasteiger charge is 2.17. The van der Waals surface area contributed by atoms with Crippen molar-refractivity contribution in [1.29, 1.82) is 5.26 Å². The molecule has 21 heavy (non-hydrogen) atoms. The zero-order chi connectivity index (χ0) is 15.4. The summed E-state index contributed by atoms with van der Waals surface area (Å²) < 4.78 is 10.6. The molecule has 0 spiro atoms. The van der Waals surface area contributed by atoms with Crippen LogP contribution in [0, 0.1) is 25.2 Å². The van der Waals surface area contributed by atoms with Gasteiger partial charge in [-0.2, -0.15) is 5.26 Å². The van der Waals surface area contributed by atoms with Crippen molar-refractivity contribution in [1.82, 2.24) is 4.90 Å². The molecule has 0 atom stereocenters. The van der Waals surface area contributed by atoms with E-state index in [0.717, 1.165) is 11.3 Å². The first-order valence-electron chi connectivity index (χ1n) is 6.52. The Bertz CT molecular complexity index is 665. The molecule has 2 aromatic heterocycles. The number of nitrogens with one attached hydrogen (secondary N) is 1. The van der Waals surface area contributed by atoms with Crippen LogP contribution in [0.5, 0.6) is 0 Å². The van der Waals surface area contributed by atoms with E-state index in [4.69, 9.17) is 14.1 Å². The van der Waals surface area contributed by atoms with E-state index in [1.54, 1.807) is 26.2 Å². The molecule has 0 aromatic carbocycles. The number of amides is 1. The van der Waals surface area contributed by atoms with Gasteiger partial charge in [-0.25, -0.2) is 0 Å². The van der Waals surface area contributed by atoms with Crippen LogP contribution in [0.3, 0.4) is 0 Å². The topological polar surface area (TPSA) is 82.4 Å². The summed E-state index contributed by atoms with van der Waals surface area (Å²) in [4.78, 5) is 13.8. The molecule has 2 rings (SSSR count).